The van der Waals surface area contributed by atoms with Crippen LogP contribution in [-0.4, -0.2) is 33.6 Å². The Morgan fingerprint density at radius 2 is 2.20 bits per heavy atom. The predicted octanol–water partition coefficient (Wildman–Crippen LogP) is 3.12. The molecular weight excluding hydrogens is 248 g/mol. The minimum absolute atomic E-state index is 0.316. The van der Waals surface area contributed by atoms with Crippen LogP contribution in [0.3, 0.4) is 0 Å². The van der Waals surface area contributed by atoms with Crippen molar-refractivity contribution in [3.63, 3.8) is 0 Å². The van der Waals surface area contributed by atoms with Crippen molar-refractivity contribution < 1.29 is 0 Å². The van der Waals surface area contributed by atoms with E-state index in [0.29, 0.717) is 24.7 Å². The summed E-state index contributed by atoms with van der Waals surface area (Å²) in [5.41, 5.74) is 7.42. The number of nitrogens with zero attached hydrogens (tertiary/aromatic N) is 3. The van der Waals surface area contributed by atoms with Crippen LogP contribution in [0.5, 0.6) is 0 Å². The second kappa shape index (κ2) is 7.23. The topological polar surface area (TPSA) is 47.1 Å². The third-order valence-corrected chi connectivity index (χ3v) is 4.51. The lowest BCUT2D eigenvalue weighted by atomic mass is 9.95. The molecule has 2 atom stereocenters. The Balaban J connectivity index is 2.23. The first-order valence-corrected chi connectivity index (χ1v) is 8.16. The summed E-state index contributed by atoms with van der Waals surface area (Å²) in [6, 6.07) is 1.45. The normalized spacial score (nSPS) is 22.4. The van der Waals surface area contributed by atoms with Gasteiger partial charge < -0.3 is 10.3 Å². The molecule has 0 aromatic carbocycles. The molecule has 20 heavy (non-hydrogen) atoms. The number of nitrogens with two attached hydrogens (primary N) is 1. The fourth-order valence-electron chi connectivity index (χ4n) is 3.51. The Labute approximate surface area is 123 Å². The number of hydrogen-bond donors (Lipinski definition) is 1. The average Bonchev–Trinajstić information content (AvgIpc) is 2.91. The minimum atomic E-state index is 0.316. The fraction of sp³-hybridized carbons (Fsp3) is 0.812. The van der Waals surface area contributed by atoms with Crippen LogP contribution < -0.4 is 5.73 Å². The van der Waals surface area contributed by atoms with Gasteiger partial charge in [-0.1, -0.05) is 19.8 Å². The molecule has 4 heteroatoms. The van der Waals surface area contributed by atoms with E-state index in [-0.39, 0.29) is 0 Å². The number of hydrogen-bond acceptors (Lipinski definition) is 3. The van der Waals surface area contributed by atoms with Crippen molar-refractivity contribution >= 4 is 0 Å². The maximum atomic E-state index is 6.14. The van der Waals surface area contributed by atoms with Crippen LogP contribution in [0, 0.1) is 0 Å². The molecule has 1 aromatic heterocycles. The van der Waals surface area contributed by atoms with E-state index in [2.05, 4.69) is 35.2 Å². The zero-order chi connectivity index (χ0) is 14.5. The Morgan fingerprint density at radius 1 is 1.40 bits per heavy atom. The van der Waals surface area contributed by atoms with Gasteiger partial charge in [0.1, 0.15) is 0 Å². The molecule has 2 unspecified atom stereocenters. The van der Waals surface area contributed by atoms with Crippen molar-refractivity contribution in [1.82, 2.24) is 14.5 Å². The first kappa shape index (κ1) is 15.5. The summed E-state index contributed by atoms with van der Waals surface area (Å²) in [5.74, 6) is 0. The van der Waals surface area contributed by atoms with Gasteiger partial charge in [0.05, 0.1) is 18.1 Å². The van der Waals surface area contributed by atoms with Crippen molar-refractivity contribution in [2.45, 2.75) is 71.0 Å². The summed E-state index contributed by atoms with van der Waals surface area (Å²) in [7, 11) is 0. The van der Waals surface area contributed by atoms with Crippen LogP contribution in [0.4, 0.5) is 0 Å². The highest BCUT2D eigenvalue weighted by Gasteiger charge is 2.30. The molecule has 0 radical (unpaired) electrons. The van der Waals surface area contributed by atoms with Crippen LogP contribution in [0.15, 0.2) is 12.5 Å². The van der Waals surface area contributed by atoms with E-state index in [4.69, 9.17) is 5.73 Å². The smallest absolute Gasteiger partial charge is 0.0951 e. The zero-order valence-electron chi connectivity index (χ0n) is 13.3. The number of imidazole rings is 1. The Morgan fingerprint density at radius 3 is 2.85 bits per heavy atom. The fourth-order valence-corrected chi connectivity index (χ4v) is 3.51. The maximum Gasteiger partial charge on any atom is 0.0951 e. The van der Waals surface area contributed by atoms with E-state index in [0.717, 1.165) is 0 Å². The van der Waals surface area contributed by atoms with E-state index >= 15 is 0 Å². The second-order valence-corrected chi connectivity index (χ2v) is 6.25. The quantitative estimate of drug-likeness (QED) is 0.869. The lowest BCUT2D eigenvalue weighted by molar-refractivity contribution is 0.0868. The van der Waals surface area contributed by atoms with Gasteiger partial charge in [-0.15, -0.1) is 0 Å². The maximum absolute atomic E-state index is 6.14. The van der Waals surface area contributed by atoms with E-state index in [1.165, 1.54) is 44.3 Å². The Hall–Kier alpha value is -0.870. The predicted molar refractivity (Wildman–Crippen MR) is 83.7 cm³/mol. The van der Waals surface area contributed by atoms with Crippen molar-refractivity contribution in [2.75, 3.05) is 13.1 Å². The highest BCUT2D eigenvalue weighted by atomic mass is 15.2. The molecule has 1 fully saturated rings. The van der Waals surface area contributed by atoms with Gasteiger partial charge in [0.2, 0.25) is 0 Å². The first-order chi connectivity index (χ1) is 9.69. The lowest BCUT2D eigenvalue weighted by Gasteiger charge is -2.41. The summed E-state index contributed by atoms with van der Waals surface area (Å²) in [6.07, 6.45) is 10.5. The molecule has 0 saturated carbocycles. The molecule has 1 aliphatic rings. The molecule has 4 nitrogen and oxygen atoms in total. The standard InChI is InChI=1S/C16H30N4/c1-4-7-14-8-5-6-9-19(14)15(10-17)16-11-18-12-20(16)13(2)3/h11-15H,4-10,17H2,1-3H3. The molecule has 114 valence electrons. The van der Waals surface area contributed by atoms with Crippen LogP contribution in [-0.2, 0) is 0 Å². The Kier molecular flexibility index (Phi) is 5.61. The molecule has 0 spiro atoms. The van der Waals surface area contributed by atoms with Crippen molar-refractivity contribution in [2.24, 2.45) is 5.73 Å². The van der Waals surface area contributed by atoms with E-state index < -0.39 is 0 Å². The van der Waals surface area contributed by atoms with E-state index in [9.17, 15) is 0 Å². The van der Waals surface area contributed by atoms with Gasteiger partial charge in [-0.3, -0.25) is 4.90 Å². The molecule has 2 heterocycles. The third kappa shape index (κ3) is 3.23. The molecule has 0 bridgehead atoms. The van der Waals surface area contributed by atoms with Crippen molar-refractivity contribution in [3.05, 3.63) is 18.2 Å². The molecular formula is C16H30N4. The minimum Gasteiger partial charge on any atom is -0.331 e. The molecule has 1 aromatic rings. The van der Waals surface area contributed by atoms with Gasteiger partial charge in [-0.05, 0) is 39.7 Å². The van der Waals surface area contributed by atoms with Gasteiger partial charge in [-0.2, -0.15) is 0 Å². The summed E-state index contributed by atoms with van der Waals surface area (Å²) < 4.78 is 2.27. The van der Waals surface area contributed by atoms with Gasteiger partial charge in [0, 0.05) is 24.8 Å². The van der Waals surface area contributed by atoms with Crippen molar-refractivity contribution in [1.29, 1.82) is 0 Å². The van der Waals surface area contributed by atoms with E-state index in [1.54, 1.807) is 0 Å². The van der Waals surface area contributed by atoms with Crippen molar-refractivity contribution in [3.8, 4) is 0 Å². The van der Waals surface area contributed by atoms with Gasteiger partial charge in [0.15, 0.2) is 0 Å². The summed E-state index contributed by atoms with van der Waals surface area (Å²) in [4.78, 5) is 7.00. The molecule has 0 aliphatic carbocycles. The third-order valence-electron chi connectivity index (χ3n) is 4.51. The molecule has 2 N–H and O–H groups in total. The van der Waals surface area contributed by atoms with Gasteiger partial charge in [-0.25, -0.2) is 4.98 Å². The van der Waals surface area contributed by atoms with Crippen LogP contribution in [0.1, 0.15) is 70.7 Å². The number of likely N-dealkylation sites (tertiary alicyclic amines) is 1. The first-order valence-electron chi connectivity index (χ1n) is 8.16. The van der Waals surface area contributed by atoms with Crippen LogP contribution in [0.25, 0.3) is 0 Å². The summed E-state index contributed by atoms with van der Waals surface area (Å²) in [5, 5.41) is 0. The SMILES string of the molecule is CCCC1CCCCN1C(CN)c1cncn1C(C)C. The molecule has 0 amide bonds. The monoisotopic (exact) mass is 278 g/mol. The Bertz CT molecular complexity index is 397. The number of aromatic nitrogens is 2. The zero-order valence-corrected chi connectivity index (χ0v) is 13.3. The van der Waals surface area contributed by atoms with Crippen LogP contribution >= 0.6 is 0 Å². The van der Waals surface area contributed by atoms with Crippen LogP contribution in [0.2, 0.25) is 0 Å². The molecule has 2 rings (SSSR count). The summed E-state index contributed by atoms with van der Waals surface area (Å²) in [6.45, 7) is 8.55. The summed E-state index contributed by atoms with van der Waals surface area (Å²) >= 11 is 0. The highest BCUT2D eigenvalue weighted by Crippen LogP contribution is 2.31. The van der Waals surface area contributed by atoms with E-state index in [1.807, 2.05) is 12.5 Å². The average molecular weight is 278 g/mol. The van der Waals surface area contributed by atoms with Gasteiger partial charge >= 0.3 is 0 Å². The largest absolute Gasteiger partial charge is 0.331 e. The highest BCUT2D eigenvalue weighted by molar-refractivity contribution is 5.09. The lowest BCUT2D eigenvalue weighted by Crippen LogP contribution is -2.45. The molecule has 1 saturated heterocycles. The second-order valence-electron chi connectivity index (χ2n) is 6.25. The number of piperidine rings is 1. The van der Waals surface area contributed by atoms with Gasteiger partial charge in [0.25, 0.3) is 0 Å². The molecule has 1 aliphatic heterocycles. The number of rotatable bonds is 6.